The molecule has 4 nitrogen and oxygen atoms in total. The van der Waals surface area contributed by atoms with Gasteiger partial charge in [-0.1, -0.05) is 20.3 Å². The van der Waals surface area contributed by atoms with E-state index in [2.05, 4.69) is 36.1 Å². The predicted molar refractivity (Wildman–Crippen MR) is 63.6 cm³/mol. The number of hydrogen-bond acceptors (Lipinski definition) is 4. The van der Waals surface area contributed by atoms with Crippen molar-refractivity contribution in [3.63, 3.8) is 0 Å². The fourth-order valence-corrected chi connectivity index (χ4v) is 1.53. The molecule has 84 valence electrons. The topological polar surface area (TPSA) is 63.8 Å². The van der Waals surface area contributed by atoms with E-state index in [0.29, 0.717) is 11.9 Å². The van der Waals surface area contributed by atoms with Gasteiger partial charge in [0.05, 0.1) is 0 Å². The molecule has 1 aromatic rings. The lowest BCUT2D eigenvalue weighted by Gasteiger charge is -2.17. The molecule has 0 aliphatic rings. The summed E-state index contributed by atoms with van der Waals surface area (Å²) < 4.78 is 0. The van der Waals surface area contributed by atoms with E-state index in [-0.39, 0.29) is 0 Å². The average Bonchev–Trinajstić information content (AvgIpc) is 2.17. The highest BCUT2D eigenvalue weighted by Gasteiger charge is 2.07. The zero-order chi connectivity index (χ0) is 11.3. The van der Waals surface area contributed by atoms with E-state index >= 15 is 0 Å². The molecule has 3 N–H and O–H groups in total. The lowest BCUT2D eigenvalue weighted by atomic mass is 10.0. The van der Waals surface area contributed by atoms with Crippen molar-refractivity contribution in [3.8, 4) is 0 Å². The Labute approximate surface area is 91.3 Å². The molecule has 4 heteroatoms. The third-order valence-electron chi connectivity index (χ3n) is 2.54. The van der Waals surface area contributed by atoms with Gasteiger partial charge < -0.3 is 11.1 Å². The maximum atomic E-state index is 5.57. The number of nitrogens with zero attached hydrogens (tertiary/aromatic N) is 2. The zero-order valence-electron chi connectivity index (χ0n) is 9.70. The monoisotopic (exact) mass is 208 g/mol. The highest BCUT2D eigenvalue weighted by atomic mass is 15.0. The summed E-state index contributed by atoms with van der Waals surface area (Å²) in [5.41, 5.74) is 5.57. The van der Waals surface area contributed by atoms with Gasteiger partial charge in [0.15, 0.2) is 0 Å². The van der Waals surface area contributed by atoms with Gasteiger partial charge in [-0.15, -0.1) is 0 Å². The van der Waals surface area contributed by atoms with Crippen LogP contribution in [0.4, 0.5) is 11.6 Å². The lowest BCUT2D eigenvalue weighted by molar-refractivity contribution is 0.483. The minimum atomic E-state index is 0.411. The molecule has 2 atom stereocenters. The number of aromatic nitrogens is 2. The van der Waals surface area contributed by atoms with Gasteiger partial charge in [0.25, 0.3) is 0 Å². The van der Waals surface area contributed by atoms with Crippen molar-refractivity contribution in [2.24, 2.45) is 5.92 Å². The number of nitrogen functional groups attached to an aromatic ring is 1. The number of rotatable bonds is 5. The second-order valence-corrected chi connectivity index (χ2v) is 4.12. The van der Waals surface area contributed by atoms with Crippen LogP contribution in [0, 0.1) is 5.92 Å². The Morgan fingerprint density at radius 1 is 1.40 bits per heavy atom. The molecule has 0 saturated carbocycles. The molecule has 0 bridgehead atoms. The van der Waals surface area contributed by atoms with E-state index in [1.165, 1.54) is 12.7 Å². The fraction of sp³-hybridized carbons (Fsp3) is 0.636. The molecule has 0 aromatic carbocycles. The largest absolute Gasteiger partial charge is 0.384 e. The van der Waals surface area contributed by atoms with Crippen molar-refractivity contribution in [2.45, 2.75) is 39.7 Å². The molecule has 1 aromatic heterocycles. The molecule has 1 heterocycles. The van der Waals surface area contributed by atoms with Crippen molar-refractivity contribution in [2.75, 3.05) is 11.1 Å². The van der Waals surface area contributed by atoms with E-state index in [4.69, 9.17) is 5.73 Å². The molecule has 0 saturated heterocycles. The summed E-state index contributed by atoms with van der Waals surface area (Å²) in [5.74, 6) is 2.04. The lowest BCUT2D eigenvalue weighted by Crippen LogP contribution is -2.19. The average molecular weight is 208 g/mol. The normalized spacial score (nSPS) is 14.6. The molecule has 15 heavy (non-hydrogen) atoms. The van der Waals surface area contributed by atoms with Crippen molar-refractivity contribution in [3.05, 3.63) is 12.4 Å². The fourth-order valence-electron chi connectivity index (χ4n) is 1.53. The Kier molecular flexibility index (Phi) is 4.34. The molecule has 0 aliphatic carbocycles. The van der Waals surface area contributed by atoms with Gasteiger partial charge in [-0.25, -0.2) is 9.97 Å². The summed E-state index contributed by atoms with van der Waals surface area (Å²) in [6.45, 7) is 6.62. The van der Waals surface area contributed by atoms with E-state index < -0.39 is 0 Å². The summed E-state index contributed by atoms with van der Waals surface area (Å²) in [6.07, 6.45) is 3.83. The molecular weight excluding hydrogens is 188 g/mol. The first-order valence-electron chi connectivity index (χ1n) is 5.45. The van der Waals surface area contributed by atoms with Gasteiger partial charge in [-0.2, -0.15) is 0 Å². The maximum Gasteiger partial charge on any atom is 0.131 e. The van der Waals surface area contributed by atoms with Gasteiger partial charge in [0.1, 0.15) is 18.0 Å². The summed E-state index contributed by atoms with van der Waals surface area (Å²) in [7, 11) is 0. The molecule has 0 amide bonds. The van der Waals surface area contributed by atoms with Crippen LogP contribution in [0.2, 0.25) is 0 Å². The van der Waals surface area contributed by atoms with Crippen LogP contribution in [0.5, 0.6) is 0 Å². The van der Waals surface area contributed by atoms with Crippen LogP contribution in [-0.4, -0.2) is 16.0 Å². The summed E-state index contributed by atoms with van der Waals surface area (Å²) in [5, 5.41) is 3.32. The molecule has 0 fully saturated rings. The molecule has 2 unspecified atom stereocenters. The standard InChI is InChI=1S/C11H20N4/c1-4-8(2)5-9(3)15-11-6-10(12)13-7-14-11/h6-9H,4-5H2,1-3H3,(H3,12,13,14,15). The second-order valence-electron chi connectivity index (χ2n) is 4.12. The van der Waals surface area contributed by atoms with Crippen molar-refractivity contribution in [1.82, 2.24) is 9.97 Å². The first-order chi connectivity index (χ1) is 7.11. The molecule has 0 aliphatic heterocycles. The highest BCUT2D eigenvalue weighted by molar-refractivity contribution is 5.43. The first-order valence-corrected chi connectivity index (χ1v) is 5.45. The van der Waals surface area contributed by atoms with E-state index in [1.54, 1.807) is 6.07 Å². The Morgan fingerprint density at radius 2 is 2.13 bits per heavy atom. The summed E-state index contributed by atoms with van der Waals surface area (Å²) in [4.78, 5) is 7.96. The maximum absolute atomic E-state index is 5.57. The van der Waals surface area contributed by atoms with Crippen LogP contribution in [0.1, 0.15) is 33.6 Å². The third kappa shape index (κ3) is 4.14. The SMILES string of the molecule is CCC(C)CC(C)Nc1cc(N)ncn1. The van der Waals surface area contributed by atoms with Crippen LogP contribution in [-0.2, 0) is 0 Å². The number of nitrogens with one attached hydrogen (secondary N) is 1. The predicted octanol–water partition coefficient (Wildman–Crippen LogP) is 2.30. The molecular formula is C11H20N4. The Hall–Kier alpha value is -1.32. The quantitative estimate of drug-likeness (QED) is 0.779. The second kappa shape index (κ2) is 5.53. The van der Waals surface area contributed by atoms with Gasteiger partial charge in [-0.3, -0.25) is 0 Å². The van der Waals surface area contributed by atoms with Crippen LogP contribution < -0.4 is 11.1 Å². The van der Waals surface area contributed by atoms with Crippen LogP contribution in [0.25, 0.3) is 0 Å². The Morgan fingerprint density at radius 3 is 2.73 bits per heavy atom. The van der Waals surface area contributed by atoms with E-state index in [0.717, 1.165) is 18.2 Å². The summed E-state index contributed by atoms with van der Waals surface area (Å²) in [6, 6.07) is 2.17. The van der Waals surface area contributed by atoms with Gasteiger partial charge >= 0.3 is 0 Å². The molecule has 0 radical (unpaired) electrons. The summed E-state index contributed by atoms with van der Waals surface area (Å²) >= 11 is 0. The number of nitrogens with two attached hydrogens (primary N) is 1. The zero-order valence-corrected chi connectivity index (χ0v) is 9.70. The van der Waals surface area contributed by atoms with E-state index in [9.17, 15) is 0 Å². The smallest absolute Gasteiger partial charge is 0.131 e. The minimum absolute atomic E-state index is 0.411. The molecule has 0 spiro atoms. The number of anilines is 2. The number of hydrogen-bond donors (Lipinski definition) is 2. The van der Waals surface area contributed by atoms with E-state index in [1.807, 2.05) is 0 Å². The third-order valence-corrected chi connectivity index (χ3v) is 2.54. The van der Waals surface area contributed by atoms with Gasteiger partial charge in [-0.05, 0) is 19.3 Å². The van der Waals surface area contributed by atoms with Gasteiger partial charge in [0.2, 0.25) is 0 Å². The van der Waals surface area contributed by atoms with Crippen LogP contribution >= 0.6 is 0 Å². The van der Waals surface area contributed by atoms with Crippen molar-refractivity contribution < 1.29 is 0 Å². The minimum Gasteiger partial charge on any atom is -0.384 e. The van der Waals surface area contributed by atoms with Crippen LogP contribution in [0.3, 0.4) is 0 Å². The van der Waals surface area contributed by atoms with Crippen LogP contribution in [0.15, 0.2) is 12.4 Å². The van der Waals surface area contributed by atoms with Gasteiger partial charge in [0, 0.05) is 12.1 Å². The first kappa shape index (κ1) is 11.8. The van der Waals surface area contributed by atoms with Crippen molar-refractivity contribution in [1.29, 1.82) is 0 Å². The Balaban J connectivity index is 2.47. The molecule has 1 rings (SSSR count). The van der Waals surface area contributed by atoms with Crippen molar-refractivity contribution >= 4 is 11.6 Å². The Bertz CT molecular complexity index is 300. The highest BCUT2D eigenvalue weighted by Crippen LogP contribution is 2.13.